The summed E-state index contributed by atoms with van der Waals surface area (Å²) in [5.41, 5.74) is 6.08. The van der Waals surface area contributed by atoms with Crippen LogP contribution in [0.25, 0.3) is 0 Å². The minimum absolute atomic E-state index is 0.133. The molecule has 1 heterocycles. The highest BCUT2D eigenvalue weighted by Gasteiger charge is 2.50. The van der Waals surface area contributed by atoms with Gasteiger partial charge in [-0.1, -0.05) is 49.2 Å². The van der Waals surface area contributed by atoms with Crippen LogP contribution in [0, 0.1) is 27.7 Å². The smallest absolute Gasteiger partial charge is 0.326 e. The van der Waals surface area contributed by atoms with Gasteiger partial charge in [0.1, 0.15) is 11.2 Å². The Hall–Kier alpha value is -2.09. The molecule has 0 N–H and O–H groups in total. The number of esters is 1. The van der Waals surface area contributed by atoms with Crippen molar-refractivity contribution in [3.05, 3.63) is 63.7 Å². The predicted molar refractivity (Wildman–Crippen MR) is 93.2 cm³/mol. The summed E-state index contributed by atoms with van der Waals surface area (Å²) < 4.78 is 5.75. The van der Waals surface area contributed by atoms with Gasteiger partial charge in [0.25, 0.3) is 0 Å². The molecule has 0 spiro atoms. The van der Waals surface area contributed by atoms with Crippen LogP contribution in [0.15, 0.2) is 30.3 Å². The molecule has 1 unspecified atom stereocenters. The summed E-state index contributed by atoms with van der Waals surface area (Å²) in [6.45, 7) is 10.4. The zero-order chi connectivity index (χ0) is 16.8. The lowest BCUT2D eigenvalue weighted by atomic mass is 9.71. The number of ether oxygens (including phenoxy) is 1. The maximum Gasteiger partial charge on any atom is 0.326 e. The van der Waals surface area contributed by atoms with Crippen LogP contribution in [-0.2, 0) is 10.2 Å². The number of hydrogen-bond donors (Lipinski definition) is 0. The van der Waals surface area contributed by atoms with E-state index in [1.54, 1.807) is 0 Å². The molecule has 1 aliphatic heterocycles. The third-order valence-electron chi connectivity index (χ3n) is 5.05. The van der Waals surface area contributed by atoms with E-state index in [4.69, 9.17) is 4.74 Å². The second-order valence-electron chi connectivity index (χ2n) is 6.80. The van der Waals surface area contributed by atoms with E-state index in [0.29, 0.717) is 0 Å². The van der Waals surface area contributed by atoms with Crippen molar-refractivity contribution >= 4 is 5.97 Å². The highest BCUT2D eigenvalue weighted by molar-refractivity contribution is 5.95. The Labute approximate surface area is 138 Å². The first-order valence-electron chi connectivity index (χ1n) is 8.32. The van der Waals surface area contributed by atoms with E-state index < -0.39 is 5.41 Å². The van der Waals surface area contributed by atoms with Gasteiger partial charge in [-0.2, -0.15) is 0 Å². The van der Waals surface area contributed by atoms with Crippen LogP contribution in [-0.4, -0.2) is 5.97 Å². The summed E-state index contributed by atoms with van der Waals surface area (Å²) in [6, 6.07) is 10.5. The first-order chi connectivity index (χ1) is 10.9. The van der Waals surface area contributed by atoms with Crippen LogP contribution < -0.4 is 4.74 Å². The van der Waals surface area contributed by atoms with E-state index in [-0.39, 0.29) is 5.97 Å². The minimum atomic E-state index is -0.667. The molecule has 2 nitrogen and oxygen atoms in total. The number of fused-ring (bicyclic) bond motifs is 1. The Balaban J connectivity index is 2.31. The summed E-state index contributed by atoms with van der Waals surface area (Å²) in [5, 5.41) is 0. The Morgan fingerprint density at radius 2 is 1.70 bits per heavy atom. The summed E-state index contributed by atoms with van der Waals surface area (Å²) in [5.74, 6) is 0.624. The van der Waals surface area contributed by atoms with Gasteiger partial charge < -0.3 is 4.74 Å². The summed E-state index contributed by atoms with van der Waals surface area (Å²) in [4.78, 5) is 13.0. The molecule has 0 aliphatic carbocycles. The normalized spacial score (nSPS) is 19.6. The molecule has 3 rings (SSSR count). The molecule has 0 bridgehead atoms. The fraction of sp³-hybridized carbons (Fsp3) is 0.381. The maximum absolute atomic E-state index is 13.0. The second kappa shape index (κ2) is 5.52. The van der Waals surface area contributed by atoms with Crippen molar-refractivity contribution in [3.63, 3.8) is 0 Å². The summed E-state index contributed by atoms with van der Waals surface area (Å²) in [6.07, 6.45) is 1.69. The van der Waals surface area contributed by atoms with Gasteiger partial charge in [-0.15, -0.1) is 0 Å². The Morgan fingerprint density at radius 3 is 2.35 bits per heavy atom. The van der Waals surface area contributed by atoms with Crippen LogP contribution in [0.2, 0.25) is 0 Å². The van der Waals surface area contributed by atoms with Crippen LogP contribution in [0.1, 0.15) is 53.1 Å². The number of benzene rings is 2. The van der Waals surface area contributed by atoms with Crippen molar-refractivity contribution in [2.24, 2.45) is 0 Å². The van der Waals surface area contributed by atoms with Gasteiger partial charge in [0.15, 0.2) is 0 Å². The molecule has 0 aromatic heterocycles. The zero-order valence-corrected chi connectivity index (χ0v) is 14.6. The molecule has 120 valence electrons. The highest BCUT2D eigenvalue weighted by atomic mass is 16.5. The van der Waals surface area contributed by atoms with Gasteiger partial charge in [0.2, 0.25) is 0 Å². The minimum Gasteiger partial charge on any atom is -0.425 e. The standard InChI is InChI=1S/C21H24O2/c1-6-9-21(17-8-7-14(3)15(4)12-17)18-11-13(2)10-16(5)19(18)23-20(21)22/h7-8,10-12H,6,9H2,1-5H3. The van der Waals surface area contributed by atoms with Gasteiger partial charge >= 0.3 is 5.97 Å². The summed E-state index contributed by atoms with van der Waals surface area (Å²) in [7, 11) is 0. The van der Waals surface area contributed by atoms with Crippen LogP contribution in [0.3, 0.4) is 0 Å². The average Bonchev–Trinajstić information content (AvgIpc) is 2.77. The van der Waals surface area contributed by atoms with Crippen molar-refractivity contribution in [2.75, 3.05) is 0 Å². The van der Waals surface area contributed by atoms with Gasteiger partial charge in [-0.05, 0) is 56.4 Å². The predicted octanol–water partition coefficient (Wildman–Crippen LogP) is 4.93. The largest absolute Gasteiger partial charge is 0.425 e. The molecule has 0 saturated carbocycles. The van der Waals surface area contributed by atoms with Crippen molar-refractivity contribution in [2.45, 2.75) is 52.9 Å². The first kappa shape index (κ1) is 15.8. The lowest BCUT2D eigenvalue weighted by Gasteiger charge is -2.27. The third kappa shape index (κ3) is 2.28. The number of carbonyl (C=O) groups excluding carboxylic acids is 1. The van der Waals surface area contributed by atoms with Crippen LogP contribution in [0.5, 0.6) is 5.75 Å². The van der Waals surface area contributed by atoms with E-state index in [0.717, 1.165) is 35.3 Å². The fourth-order valence-corrected chi connectivity index (χ4v) is 3.73. The Bertz CT molecular complexity index is 789. The monoisotopic (exact) mass is 308 g/mol. The summed E-state index contributed by atoms with van der Waals surface area (Å²) >= 11 is 0. The SMILES string of the molecule is CCCC1(c2ccc(C)c(C)c2)C(=O)Oc2c(C)cc(C)cc21. The lowest BCUT2D eigenvalue weighted by Crippen LogP contribution is -2.35. The van der Waals surface area contributed by atoms with Gasteiger partial charge in [-0.25, -0.2) is 0 Å². The Kier molecular flexibility index (Phi) is 3.79. The fourth-order valence-electron chi connectivity index (χ4n) is 3.73. The van der Waals surface area contributed by atoms with E-state index in [1.165, 1.54) is 16.7 Å². The molecular weight excluding hydrogens is 284 g/mol. The van der Waals surface area contributed by atoms with Crippen molar-refractivity contribution in [3.8, 4) is 5.75 Å². The molecule has 2 aromatic carbocycles. The number of hydrogen-bond acceptors (Lipinski definition) is 2. The molecule has 2 aromatic rings. The van der Waals surface area contributed by atoms with E-state index in [9.17, 15) is 4.79 Å². The Morgan fingerprint density at radius 1 is 0.957 bits per heavy atom. The topological polar surface area (TPSA) is 26.3 Å². The number of aryl methyl sites for hydroxylation is 4. The van der Waals surface area contributed by atoms with Crippen LogP contribution >= 0.6 is 0 Å². The molecule has 23 heavy (non-hydrogen) atoms. The highest BCUT2D eigenvalue weighted by Crippen LogP contribution is 2.49. The number of carbonyl (C=O) groups is 1. The quantitative estimate of drug-likeness (QED) is 0.594. The third-order valence-corrected chi connectivity index (χ3v) is 5.05. The van der Waals surface area contributed by atoms with E-state index >= 15 is 0 Å². The van der Waals surface area contributed by atoms with Gasteiger partial charge in [0, 0.05) is 5.56 Å². The van der Waals surface area contributed by atoms with E-state index in [2.05, 4.69) is 58.0 Å². The molecule has 1 atom stereocenters. The molecule has 1 aliphatic rings. The molecule has 0 amide bonds. The molecular formula is C21H24O2. The number of rotatable bonds is 3. The van der Waals surface area contributed by atoms with E-state index in [1.807, 2.05) is 6.92 Å². The molecule has 0 radical (unpaired) electrons. The van der Waals surface area contributed by atoms with Gasteiger partial charge in [0.05, 0.1) is 0 Å². The molecule has 0 saturated heterocycles. The lowest BCUT2D eigenvalue weighted by molar-refractivity contribution is -0.137. The van der Waals surface area contributed by atoms with Crippen LogP contribution in [0.4, 0.5) is 0 Å². The zero-order valence-electron chi connectivity index (χ0n) is 14.6. The van der Waals surface area contributed by atoms with Crippen molar-refractivity contribution in [1.82, 2.24) is 0 Å². The molecule has 0 fully saturated rings. The van der Waals surface area contributed by atoms with Crippen molar-refractivity contribution < 1.29 is 9.53 Å². The van der Waals surface area contributed by atoms with Crippen molar-refractivity contribution in [1.29, 1.82) is 0 Å². The maximum atomic E-state index is 13.0. The first-order valence-corrected chi connectivity index (χ1v) is 8.32. The molecule has 2 heteroatoms. The van der Waals surface area contributed by atoms with Gasteiger partial charge in [-0.3, -0.25) is 4.79 Å². The second-order valence-corrected chi connectivity index (χ2v) is 6.80. The average molecular weight is 308 g/mol.